The molecule has 1 aromatic heterocycles. The molecule has 2 aliphatic rings. The van der Waals surface area contributed by atoms with E-state index in [9.17, 15) is 8.42 Å². The number of ether oxygens (including phenoxy) is 1. The summed E-state index contributed by atoms with van der Waals surface area (Å²) in [7, 11) is -3.35. The minimum absolute atomic E-state index is 0.0867. The van der Waals surface area contributed by atoms with E-state index in [4.69, 9.17) is 16.3 Å². The highest BCUT2D eigenvalue weighted by atomic mass is 35.5. The van der Waals surface area contributed by atoms with E-state index in [-0.39, 0.29) is 10.5 Å². The Hall–Kier alpha value is -0.920. The van der Waals surface area contributed by atoms with E-state index >= 15 is 0 Å². The molecule has 0 bridgehead atoms. The molecule has 0 amide bonds. The van der Waals surface area contributed by atoms with Crippen LogP contribution in [0.5, 0.6) is 0 Å². The summed E-state index contributed by atoms with van der Waals surface area (Å²) in [5, 5.41) is -0.197. The van der Waals surface area contributed by atoms with E-state index < -0.39 is 14.6 Å². The van der Waals surface area contributed by atoms with Gasteiger partial charge in [-0.05, 0) is 38.3 Å². The van der Waals surface area contributed by atoms with Crippen molar-refractivity contribution in [3.8, 4) is 0 Å². The maximum Gasteiger partial charge on any atom is 0.224 e. The van der Waals surface area contributed by atoms with Crippen LogP contribution in [-0.2, 0) is 19.3 Å². The van der Waals surface area contributed by atoms with Crippen LogP contribution in [0, 0.1) is 0 Å². The van der Waals surface area contributed by atoms with Crippen molar-refractivity contribution in [3.63, 3.8) is 0 Å². The van der Waals surface area contributed by atoms with Gasteiger partial charge in [0.2, 0.25) is 5.28 Å². The number of hydrogen-bond acceptors (Lipinski definition) is 6. The summed E-state index contributed by atoms with van der Waals surface area (Å²) < 4.78 is 30.5. The first-order valence-corrected chi connectivity index (χ1v) is 10.4. The summed E-state index contributed by atoms with van der Waals surface area (Å²) in [5.41, 5.74) is 0.468. The molecule has 1 aliphatic carbocycles. The zero-order chi connectivity index (χ0) is 17.4. The van der Waals surface area contributed by atoms with Crippen LogP contribution < -0.4 is 4.90 Å². The van der Waals surface area contributed by atoms with Crippen molar-refractivity contribution >= 4 is 27.3 Å². The second-order valence-electron chi connectivity index (χ2n) is 6.94. The van der Waals surface area contributed by atoms with Crippen LogP contribution in [0.15, 0.2) is 6.07 Å². The third-order valence-electron chi connectivity index (χ3n) is 5.09. The first kappa shape index (κ1) is 17.9. The SMILES string of the molecule is CC(C)(c1cc(N2CCOCC2)nc(Cl)n1)S(=O)(=O)C1CCCC1. The zero-order valence-corrected chi connectivity index (χ0v) is 15.7. The molecule has 1 aliphatic heterocycles. The lowest BCUT2D eigenvalue weighted by atomic mass is 10.1. The molecule has 0 atom stereocenters. The van der Waals surface area contributed by atoms with Gasteiger partial charge in [0.05, 0.1) is 24.2 Å². The minimum atomic E-state index is -3.35. The molecule has 0 N–H and O–H groups in total. The van der Waals surface area contributed by atoms with Gasteiger partial charge in [-0.25, -0.2) is 18.4 Å². The van der Waals surface area contributed by atoms with Crippen molar-refractivity contribution in [1.29, 1.82) is 0 Å². The molecule has 2 heterocycles. The molecule has 0 spiro atoms. The van der Waals surface area contributed by atoms with Gasteiger partial charge in [0, 0.05) is 19.2 Å². The predicted octanol–water partition coefficient (Wildman–Crippen LogP) is 2.56. The van der Waals surface area contributed by atoms with Crippen molar-refractivity contribution in [2.24, 2.45) is 0 Å². The van der Waals surface area contributed by atoms with Crippen LogP contribution in [0.1, 0.15) is 45.2 Å². The number of anilines is 1. The van der Waals surface area contributed by atoms with Crippen molar-refractivity contribution in [3.05, 3.63) is 17.0 Å². The number of aromatic nitrogens is 2. The third kappa shape index (κ3) is 3.26. The number of morpholine rings is 1. The molecule has 134 valence electrons. The van der Waals surface area contributed by atoms with Crippen LogP contribution in [0.2, 0.25) is 5.28 Å². The molecule has 6 nitrogen and oxygen atoms in total. The first-order valence-electron chi connectivity index (χ1n) is 8.43. The highest BCUT2D eigenvalue weighted by Crippen LogP contribution is 2.38. The summed E-state index contributed by atoms with van der Waals surface area (Å²) in [6, 6.07) is 1.77. The molecular weight excluding hydrogens is 350 g/mol. The predicted molar refractivity (Wildman–Crippen MR) is 94.3 cm³/mol. The molecule has 0 radical (unpaired) electrons. The Labute approximate surface area is 148 Å². The lowest BCUT2D eigenvalue weighted by Crippen LogP contribution is -2.39. The Morgan fingerprint density at radius 3 is 2.46 bits per heavy atom. The summed E-state index contributed by atoms with van der Waals surface area (Å²) in [5.74, 6) is 0.669. The van der Waals surface area contributed by atoms with Gasteiger partial charge in [-0.15, -0.1) is 0 Å². The fourth-order valence-corrected chi connectivity index (χ4v) is 5.79. The molecule has 8 heteroatoms. The van der Waals surface area contributed by atoms with Gasteiger partial charge < -0.3 is 9.64 Å². The van der Waals surface area contributed by atoms with Crippen molar-refractivity contribution < 1.29 is 13.2 Å². The Bertz CT molecular complexity index is 697. The number of rotatable bonds is 4. The van der Waals surface area contributed by atoms with Crippen LogP contribution >= 0.6 is 11.6 Å². The Balaban J connectivity index is 1.96. The fourth-order valence-electron chi connectivity index (χ4n) is 3.43. The molecule has 2 fully saturated rings. The standard InChI is InChI=1S/C16H24ClN3O3S/c1-16(2,24(21,22)12-5-3-4-6-12)13-11-14(19-15(17)18-13)20-7-9-23-10-8-20/h11-12H,3-10H2,1-2H3. The van der Waals surface area contributed by atoms with Gasteiger partial charge in [0.1, 0.15) is 10.6 Å². The average Bonchev–Trinajstić information content (AvgIpc) is 3.10. The topological polar surface area (TPSA) is 72.4 Å². The van der Waals surface area contributed by atoms with E-state index in [1.54, 1.807) is 19.9 Å². The minimum Gasteiger partial charge on any atom is -0.378 e. The Kier molecular flexibility index (Phi) is 5.04. The van der Waals surface area contributed by atoms with Crippen LogP contribution in [-0.4, -0.2) is 49.9 Å². The number of hydrogen-bond donors (Lipinski definition) is 0. The molecule has 24 heavy (non-hydrogen) atoms. The maximum absolute atomic E-state index is 13.1. The molecule has 0 unspecified atom stereocenters. The van der Waals surface area contributed by atoms with E-state index in [1.807, 2.05) is 0 Å². The molecule has 1 saturated heterocycles. The quantitative estimate of drug-likeness (QED) is 0.755. The normalized spacial score (nSPS) is 20.5. The highest BCUT2D eigenvalue weighted by molar-refractivity contribution is 7.92. The van der Waals surface area contributed by atoms with Crippen molar-refractivity contribution in [2.75, 3.05) is 31.2 Å². The highest BCUT2D eigenvalue weighted by Gasteiger charge is 2.44. The van der Waals surface area contributed by atoms with E-state index in [0.717, 1.165) is 25.7 Å². The second-order valence-corrected chi connectivity index (χ2v) is 10.1. The fraction of sp³-hybridized carbons (Fsp3) is 0.750. The summed E-state index contributed by atoms with van der Waals surface area (Å²) >= 11 is 6.11. The van der Waals surface area contributed by atoms with Gasteiger partial charge in [0.15, 0.2) is 9.84 Å². The van der Waals surface area contributed by atoms with Crippen molar-refractivity contribution in [1.82, 2.24) is 9.97 Å². The van der Waals surface area contributed by atoms with Gasteiger partial charge >= 0.3 is 0 Å². The third-order valence-corrected chi connectivity index (χ3v) is 8.24. The first-order chi connectivity index (χ1) is 11.3. The van der Waals surface area contributed by atoms with Crippen LogP contribution in [0.4, 0.5) is 5.82 Å². The van der Waals surface area contributed by atoms with E-state index in [0.29, 0.717) is 37.8 Å². The second kappa shape index (κ2) is 6.77. The molecule has 1 saturated carbocycles. The van der Waals surface area contributed by atoms with Crippen molar-refractivity contribution in [2.45, 2.75) is 49.5 Å². The van der Waals surface area contributed by atoms with Gasteiger partial charge in [-0.1, -0.05) is 12.8 Å². The molecule has 1 aromatic rings. The summed E-state index contributed by atoms with van der Waals surface area (Å²) in [4.78, 5) is 10.6. The van der Waals surface area contributed by atoms with Gasteiger partial charge in [0.25, 0.3) is 0 Å². The molecule has 3 rings (SSSR count). The Morgan fingerprint density at radius 2 is 1.83 bits per heavy atom. The monoisotopic (exact) mass is 373 g/mol. The van der Waals surface area contributed by atoms with Crippen LogP contribution in [0.3, 0.4) is 0 Å². The number of nitrogens with zero attached hydrogens (tertiary/aromatic N) is 3. The van der Waals surface area contributed by atoms with E-state index in [2.05, 4.69) is 14.9 Å². The maximum atomic E-state index is 13.1. The molecule has 0 aromatic carbocycles. The number of halogens is 1. The number of sulfone groups is 1. The molecular formula is C16H24ClN3O3S. The van der Waals surface area contributed by atoms with Gasteiger partial charge in [-0.2, -0.15) is 0 Å². The summed E-state index contributed by atoms with van der Waals surface area (Å²) in [6.45, 7) is 6.12. The summed E-state index contributed by atoms with van der Waals surface area (Å²) in [6.07, 6.45) is 3.43. The Morgan fingerprint density at radius 1 is 1.21 bits per heavy atom. The average molecular weight is 374 g/mol. The zero-order valence-electron chi connectivity index (χ0n) is 14.2. The van der Waals surface area contributed by atoms with E-state index in [1.165, 1.54) is 0 Å². The van der Waals surface area contributed by atoms with Gasteiger partial charge in [-0.3, -0.25) is 0 Å². The lowest BCUT2D eigenvalue weighted by molar-refractivity contribution is 0.122. The smallest absolute Gasteiger partial charge is 0.224 e. The lowest BCUT2D eigenvalue weighted by Gasteiger charge is -2.31. The largest absolute Gasteiger partial charge is 0.378 e. The van der Waals surface area contributed by atoms with Crippen LogP contribution in [0.25, 0.3) is 0 Å².